The first-order chi connectivity index (χ1) is 15.8. The Bertz CT molecular complexity index is 1420. The van der Waals surface area contributed by atoms with Crippen molar-refractivity contribution < 1.29 is 14.7 Å². The number of benzene rings is 3. The van der Waals surface area contributed by atoms with Gasteiger partial charge in [0, 0.05) is 0 Å². The smallest absolute Gasteiger partial charge is 0.335 e. The van der Waals surface area contributed by atoms with Crippen molar-refractivity contribution in [2.75, 3.05) is 5.32 Å². The zero-order valence-electron chi connectivity index (χ0n) is 17.4. The van der Waals surface area contributed by atoms with Gasteiger partial charge in [-0.05, 0) is 49.4 Å². The number of nitrogens with one attached hydrogen (secondary N) is 1. The van der Waals surface area contributed by atoms with E-state index in [9.17, 15) is 19.5 Å². The fraction of sp³-hybridized carbons (Fsp3) is 0.0833. The monoisotopic (exact) mass is 479 g/mol. The molecule has 1 unspecified atom stereocenters. The minimum absolute atomic E-state index is 0.00381. The van der Waals surface area contributed by atoms with Crippen molar-refractivity contribution in [2.24, 2.45) is 0 Å². The minimum atomic E-state index is -1.13. The zero-order chi connectivity index (χ0) is 23.5. The van der Waals surface area contributed by atoms with Gasteiger partial charge in [0.25, 0.3) is 5.56 Å². The number of carbonyl (C=O) groups excluding carboxylic acids is 1. The van der Waals surface area contributed by atoms with E-state index in [4.69, 9.17) is 11.6 Å². The van der Waals surface area contributed by atoms with Crippen LogP contribution in [0.5, 0.6) is 0 Å². The minimum Gasteiger partial charge on any atom is -0.478 e. The van der Waals surface area contributed by atoms with Crippen molar-refractivity contribution in [3.63, 3.8) is 0 Å². The number of aromatic nitrogens is 2. The molecule has 33 heavy (non-hydrogen) atoms. The maximum Gasteiger partial charge on any atom is 0.335 e. The van der Waals surface area contributed by atoms with Gasteiger partial charge in [0.2, 0.25) is 5.91 Å². The van der Waals surface area contributed by atoms with Crippen LogP contribution in [0.3, 0.4) is 0 Å². The first-order valence-electron chi connectivity index (χ1n) is 9.92. The molecule has 0 aliphatic carbocycles. The maximum atomic E-state index is 13.3. The molecule has 1 heterocycles. The molecule has 1 atom stereocenters. The topological polar surface area (TPSA) is 101 Å². The molecule has 2 N–H and O–H groups in total. The zero-order valence-corrected chi connectivity index (χ0v) is 18.9. The Labute approximate surface area is 198 Å². The van der Waals surface area contributed by atoms with Gasteiger partial charge in [-0.1, -0.05) is 53.7 Å². The summed E-state index contributed by atoms with van der Waals surface area (Å²) in [5.41, 5.74) is 1.12. The Morgan fingerprint density at radius 1 is 1.06 bits per heavy atom. The number of halogens is 1. The normalized spacial score (nSPS) is 11.8. The summed E-state index contributed by atoms with van der Waals surface area (Å²) in [6.45, 7) is 1.67. The van der Waals surface area contributed by atoms with E-state index in [0.717, 1.165) is 11.8 Å². The number of rotatable bonds is 6. The number of hydrogen-bond acceptors (Lipinski definition) is 5. The molecule has 3 aromatic carbocycles. The number of amides is 1. The molecule has 0 saturated heterocycles. The molecule has 7 nitrogen and oxygen atoms in total. The number of thioether (sulfide) groups is 1. The highest BCUT2D eigenvalue weighted by molar-refractivity contribution is 8.00. The predicted molar refractivity (Wildman–Crippen MR) is 130 cm³/mol. The van der Waals surface area contributed by atoms with E-state index in [1.807, 2.05) is 18.2 Å². The lowest BCUT2D eigenvalue weighted by Crippen LogP contribution is -2.26. The van der Waals surface area contributed by atoms with E-state index < -0.39 is 17.1 Å². The van der Waals surface area contributed by atoms with Gasteiger partial charge in [0.05, 0.1) is 38.1 Å². The summed E-state index contributed by atoms with van der Waals surface area (Å²) < 4.78 is 1.48. The quantitative estimate of drug-likeness (QED) is 0.302. The van der Waals surface area contributed by atoms with Crippen LogP contribution in [-0.2, 0) is 4.79 Å². The predicted octanol–water partition coefficient (Wildman–Crippen LogP) is 4.86. The van der Waals surface area contributed by atoms with Gasteiger partial charge >= 0.3 is 5.97 Å². The van der Waals surface area contributed by atoms with E-state index in [-0.39, 0.29) is 21.8 Å². The molecule has 4 aromatic rings. The van der Waals surface area contributed by atoms with Crippen LogP contribution in [0.25, 0.3) is 16.6 Å². The van der Waals surface area contributed by atoms with Gasteiger partial charge < -0.3 is 10.4 Å². The Morgan fingerprint density at radius 2 is 1.76 bits per heavy atom. The van der Waals surface area contributed by atoms with E-state index in [1.54, 1.807) is 43.3 Å². The Balaban J connectivity index is 1.69. The lowest BCUT2D eigenvalue weighted by atomic mass is 10.2. The molecule has 0 aliphatic heterocycles. The second-order valence-corrected chi connectivity index (χ2v) is 8.85. The fourth-order valence-corrected chi connectivity index (χ4v) is 4.29. The number of hydrogen-bond donors (Lipinski definition) is 2. The highest BCUT2D eigenvalue weighted by atomic mass is 35.5. The largest absolute Gasteiger partial charge is 0.478 e. The number of para-hydroxylation sites is 2. The highest BCUT2D eigenvalue weighted by Crippen LogP contribution is 2.28. The first kappa shape index (κ1) is 22.6. The summed E-state index contributed by atoms with van der Waals surface area (Å²) in [5.74, 6) is -1.54. The summed E-state index contributed by atoms with van der Waals surface area (Å²) >= 11 is 7.25. The third kappa shape index (κ3) is 4.76. The number of nitrogens with zero attached hydrogens (tertiary/aromatic N) is 2. The first-order valence-corrected chi connectivity index (χ1v) is 11.2. The van der Waals surface area contributed by atoms with Crippen molar-refractivity contribution >= 4 is 51.8 Å². The number of carboxylic acid groups (broad SMARTS) is 1. The molecule has 0 aliphatic rings. The summed E-state index contributed by atoms with van der Waals surface area (Å²) in [5, 5.41) is 12.2. The Kier molecular flexibility index (Phi) is 6.48. The van der Waals surface area contributed by atoms with Gasteiger partial charge in [-0.25, -0.2) is 9.78 Å². The summed E-state index contributed by atoms with van der Waals surface area (Å²) in [6, 6.07) is 20.2. The van der Waals surface area contributed by atoms with Crippen LogP contribution in [0.15, 0.2) is 82.7 Å². The molecule has 1 aromatic heterocycles. The molecule has 166 valence electrons. The van der Waals surface area contributed by atoms with Crippen molar-refractivity contribution in [2.45, 2.75) is 17.3 Å². The average Bonchev–Trinajstić information content (AvgIpc) is 2.81. The van der Waals surface area contributed by atoms with Crippen LogP contribution in [0.4, 0.5) is 5.69 Å². The summed E-state index contributed by atoms with van der Waals surface area (Å²) in [6.07, 6.45) is 0. The van der Waals surface area contributed by atoms with E-state index in [0.29, 0.717) is 21.7 Å². The van der Waals surface area contributed by atoms with Crippen LogP contribution in [0, 0.1) is 0 Å². The van der Waals surface area contributed by atoms with Gasteiger partial charge in [0.1, 0.15) is 0 Å². The summed E-state index contributed by atoms with van der Waals surface area (Å²) in [4.78, 5) is 42.0. The van der Waals surface area contributed by atoms with Crippen LogP contribution >= 0.6 is 23.4 Å². The van der Waals surface area contributed by atoms with Gasteiger partial charge in [-0.15, -0.1) is 0 Å². The number of carbonyl (C=O) groups is 2. The third-order valence-electron chi connectivity index (χ3n) is 4.88. The lowest BCUT2D eigenvalue weighted by Gasteiger charge is -2.17. The molecule has 4 rings (SSSR count). The molecule has 1 amide bonds. The molecular formula is C24H18ClN3O4S. The van der Waals surface area contributed by atoms with Crippen molar-refractivity contribution in [1.29, 1.82) is 0 Å². The standard InChI is InChI=1S/C24H18ClN3O4S/c1-14(21(29)26-20-13-15(23(31)32)11-12-18(20)25)33-24-27-19-10-6-5-9-17(19)22(30)28(24)16-7-3-2-4-8-16/h2-14H,1H3,(H,26,29)(H,31,32). The van der Waals surface area contributed by atoms with Crippen molar-refractivity contribution in [3.8, 4) is 5.69 Å². The number of carboxylic acids is 1. The van der Waals surface area contributed by atoms with Gasteiger partial charge in [-0.3, -0.25) is 14.2 Å². The van der Waals surface area contributed by atoms with Gasteiger partial charge in [0.15, 0.2) is 5.16 Å². The lowest BCUT2D eigenvalue weighted by molar-refractivity contribution is -0.115. The molecule has 0 fully saturated rings. The van der Waals surface area contributed by atoms with E-state index in [1.165, 1.54) is 22.8 Å². The Morgan fingerprint density at radius 3 is 2.48 bits per heavy atom. The maximum absolute atomic E-state index is 13.3. The molecule has 0 spiro atoms. The Hall–Kier alpha value is -3.62. The molecule has 0 bridgehead atoms. The van der Waals surface area contributed by atoms with Crippen molar-refractivity contribution in [1.82, 2.24) is 9.55 Å². The van der Waals surface area contributed by atoms with Crippen LogP contribution in [-0.4, -0.2) is 31.8 Å². The van der Waals surface area contributed by atoms with Crippen LogP contribution < -0.4 is 10.9 Å². The second kappa shape index (κ2) is 9.48. The van der Waals surface area contributed by atoms with Crippen LogP contribution in [0.1, 0.15) is 17.3 Å². The molecule has 9 heteroatoms. The SMILES string of the molecule is CC(Sc1nc2ccccc2c(=O)n1-c1ccccc1)C(=O)Nc1cc(C(=O)O)ccc1Cl. The number of anilines is 1. The molecule has 0 radical (unpaired) electrons. The van der Waals surface area contributed by atoms with E-state index in [2.05, 4.69) is 10.3 Å². The number of aromatic carboxylic acids is 1. The van der Waals surface area contributed by atoms with Crippen molar-refractivity contribution in [3.05, 3.63) is 93.7 Å². The molecular weight excluding hydrogens is 462 g/mol. The van der Waals surface area contributed by atoms with Crippen LogP contribution in [0.2, 0.25) is 5.02 Å². The third-order valence-corrected chi connectivity index (χ3v) is 6.26. The number of fused-ring (bicyclic) bond motifs is 1. The van der Waals surface area contributed by atoms with E-state index >= 15 is 0 Å². The molecule has 0 saturated carbocycles. The highest BCUT2D eigenvalue weighted by Gasteiger charge is 2.21. The second-order valence-electron chi connectivity index (χ2n) is 7.14. The average molecular weight is 480 g/mol. The summed E-state index contributed by atoms with van der Waals surface area (Å²) in [7, 11) is 0. The fourth-order valence-electron chi connectivity index (χ4n) is 3.20. The van der Waals surface area contributed by atoms with Gasteiger partial charge in [-0.2, -0.15) is 0 Å².